The number of nitrogens with two attached hydrogens (primary N) is 1. The highest BCUT2D eigenvalue weighted by Gasteiger charge is 2.11. The summed E-state index contributed by atoms with van der Waals surface area (Å²) < 4.78 is 1.19. The van der Waals surface area contributed by atoms with Crippen LogP contribution in [0.4, 0.5) is 0 Å². The van der Waals surface area contributed by atoms with E-state index in [-0.39, 0.29) is 6.04 Å². The topological polar surface area (TPSA) is 26.0 Å². The van der Waals surface area contributed by atoms with Gasteiger partial charge in [0, 0.05) is 10.9 Å². The summed E-state index contributed by atoms with van der Waals surface area (Å²) in [6, 6.07) is 12.6. The highest BCUT2D eigenvalue weighted by Crippen LogP contribution is 2.31. The third kappa shape index (κ3) is 2.73. The predicted octanol–water partition coefficient (Wildman–Crippen LogP) is 4.06. The van der Waals surface area contributed by atoms with E-state index in [1.165, 1.54) is 19.8 Å². The largest absolute Gasteiger partial charge is 0.323 e. The Bertz CT molecular complexity index is 445. The maximum atomic E-state index is 6.20. The average molecular weight is 296 g/mol. The first kappa shape index (κ1) is 11.8. The van der Waals surface area contributed by atoms with Crippen LogP contribution in [0, 0.1) is 6.92 Å². The fourth-order valence-corrected chi connectivity index (χ4v) is 3.21. The van der Waals surface area contributed by atoms with Gasteiger partial charge in [-0.2, -0.15) is 0 Å². The molecular weight excluding hydrogens is 282 g/mol. The summed E-state index contributed by atoms with van der Waals surface area (Å²) in [6.07, 6.45) is 0.896. The van der Waals surface area contributed by atoms with Crippen LogP contribution in [0.25, 0.3) is 0 Å². The normalized spacial score (nSPS) is 12.7. The molecule has 1 aromatic heterocycles. The van der Waals surface area contributed by atoms with Gasteiger partial charge in [0.1, 0.15) is 0 Å². The molecule has 0 aliphatic carbocycles. The summed E-state index contributed by atoms with van der Waals surface area (Å²) in [6.45, 7) is 2.10. The second-order valence-corrected chi connectivity index (χ2v) is 6.30. The maximum absolute atomic E-state index is 6.20. The molecule has 1 atom stereocenters. The van der Waals surface area contributed by atoms with Gasteiger partial charge in [-0.05, 0) is 46.5 Å². The Hall–Kier alpha value is -0.640. The number of aryl methyl sites for hydroxylation is 1. The molecule has 0 bridgehead atoms. The number of halogens is 1. The molecule has 0 saturated carbocycles. The van der Waals surface area contributed by atoms with Crippen LogP contribution in [0.5, 0.6) is 0 Å². The fraction of sp³-hybridized carbons (Fsp3) is 0.231. The second-order valence-electron chi connectivity index (χ2n) is 3.90. The van der Waals surface area contributed by atoms with Gasteiger partial charge < -0.3 is 5.73 Å². The molecule has 1 aromatic carbocycles. The lowest BCUT2D eigenvalue weighted by atomic mass is 10.1. The Labute approximate surface area is 108 Å². The van der Waals surface area contributed by atoms with Gasteiger partial charge in [0.15, 0.2) is 0 Å². The highest BCUT2D eigenvalue weighted by molar-refractivity contribution is 9.11. The van der Waals surface area contributed by atoms with Gasteiger partial charge in [-0.25, -0.2) is 0 Å². The molecule has 0 radical (unpaired) electrons. The Morgan fingerprint density at radius 2 is 2.00 bits per heavy atom. The van der Waals surface area contributed by atoms with Crippen molar-refractivity contribution in [1.82, 2.24) is 0 Å². The van der Waals surface area contributed by atoms with Gasteiger partial charge in [-0.1, -0.05) is 30.3 Å². The minimum absolute atomic E-state index is 0.0948. The third-order valence-electron chi connectivity index (χ3n) is 2.54. The van der Waals surface area contributed by atoms with E-state index in [4.69, 9.17) is 5.73 Å². The molecule has 84 valence electrons. The highest BCUT2D eigenvalue weighted by atomic mass is 79.9. The third-order valence-corrected chi connectivity index (χ3v) is 4.81. The molecule has 3 heteroatoms. The van der Waals surface area contributed by atoms with E-state index in [0.717, 1.165) is 6.42 Å². The predicted molar refractivity (Wildman–Crippen MR) is 73.8 cm³/mol. The molecule has 2 rings (SSSR count). The molecule has 0 fully saturated rings. The van der Waals surface area contributed by atoms with Crippen LogP contribution >= 0.6 is 27.3 Å². The molecule has 1 heterocycles. The summed E-state index contributed by atoms with van der Waals surface area (Å²) in [4.78, 5) is 1.24. The zero-order valence-electron chi connectivity index (χ0n) is 9.11. The SMILES string of the molecule is Cc1cc(C(N)Cc2ccccc2)sc1Br. The van der Waals surface area contributed by atoms with E-state index in [0.29, 0.717) is 0 Å². The molecular formula is C13H14BrNS. The van der Waals surface area contributed by atoms with Crippen molar-refractivity contribution in [2.24, 2.45) is 5.73 Å². The lowest BCUT2D eigenvalue weighted by molar-refractivity contribution is 0.736. The number of benzene rings is 1. The first-order valence-corrected chi connectivity index (χ1v) is 6.83. The summed E-state index contributed by atoms with van der Waals surface area (Å²) in [5, 5.41) is 0. The summed E-state index contributed by atoms with van der Waals surface area (Å²) in [7, 11) is 0. The van der Waals surface area contributed by atoms with Crippen LogP contribution < -0.4 is 5.73 Å². The molecule has 0 aliphatic rings. The molecule has 16 heavy (non-hydrogen) atoms. The van der Waals surface area contributed by atoms with Crippen molar-refractivity contribution in [2.45, 2.75) is 19.4 Å². The van der Waals surface area contributed by atoms with Gasteiger partial charge in [0.05, 0.1) is 3.79 Å². The average Bonchev–Trinajstić information content (AvgIpc) is 2.61. The summed E-state index contributed by atoms with van der Waals surface area (Å²) >= 11 is 5.27. The van der Waals surface area contributed by atoms with Crippen LogP contribution in [-0.2, 0) is 6.42 Å². The molecule has 1 nitrogen and oxygen atoms in total. The Kier molecular flexibility index (Phi) is 3.79. The van der Waals surface area contributed by atoms with Gasteiger partial charge in [0.25, 0.3) is 0 Å². The van der Waals surface area contributed by atoms with Crippen molar-refractivity contribution in [3.8, 4) is 0 Å². The summed E-state index contributed by atoms with van der Waals surface area (Å²) in [5.74, 6) is 0. The van der Waals surface area contributed by atoms with Gasteiger partial charge in [-0.15, -0.1) is 11.3 Å². The van der Waals surface area contributed by atoms with Crippen molar-refractivity contribution in [1.29, 1.82) is 0 Å². The van der Waals surface area contributed by atoms with Crippen molar-refractivity contribution in [3.63, 3.8) is 0 Å². The second kappa shape index (κ2) is 5.13. The quantitative estimate of drug-likeness (QED) is 0.908. The summed E-state index contributed by atoms with van der Waals surface area (Å²) in [5.41, 5.74) is 8.76. The van der Waals surface area contributed by atoms with Crippen molar-refractivity contribution in [2.75, 3.05) is 0 Å². The molecule has 2 N–H and O–H groups in total. The molecule has 1 unspecified atom stereocenters. The zero-order valence-corrected chi connectivity index (χ0v) is 11.5. The van der Waals surface area contributed by atoms with Crippen molar-refractivity contribution < 1.29 is 0 Å². The van der Waals surface area contributed by atoms with Crippen molar-refractivity contribution >= 4 is 27.3 Å². The first-order chi connectivity index (χ1) is 7.66. The number of thiophene rings is 1. The Balaban J connectivity index is 2.11. The van der Waals surface area contributed by atoms with Crippen LogP contribution in [0.15, 0.2) is 40.2 Å². The van der Waals surface area contributed by atoms with E-state index in [2.05, 4.69) is 53.2 Å². The molecule has 2 aromatic rings. The van der Waals surface area contributed by atoms with Crippen LogP contribution in [0.3, 0.4) is 0 Å². The molecule has 0 saturated heterocycles. The van der Waals surface area contributed by atoms with Crippen LogP contribution in [0.1, 0.15) is 22.0 Å². The number of rotatable bonds is 3. The molecule has 0 spiro atoms. The van der Waals surface area contributed by atoms with E-state index >= 15 is 0 Å². The van der Waals surface area contributed by atoms with E-state index in [1.807, 2.05) is 6.07 Å². The van der Waals surface area contributed by atoms with Gasteiger partial charge in [-0.3, -0.25) is 0 Å². The van der Waals surface area contributed by atoms with Gasteiger partial charge >= 0.3 is 0 Å². The standard InChI is InChI=1S/C13H14BrNS/c1-9-7-12(16-13(9)14)11(15)8-10-5-3-2-4-6-10/h2-7,11H,8,15H2,1H3. The van der Waals surface area contributed by atoms with Crippen LogP contribution in [-0.4, -0.2) is 0 Å². The monoisotopic (exact) mass is 295 g/mol. The van der Waals surface area contributed by atoms with E-state index in [9.17, 15) is 0 Å². The van der Waals surface area contributed by atoms with E-state index in [1.54, 1.807) is 11.3 Å². The van der Waals surface area contributed by atoms with Crippen molar-refractivity contribution in [3.05, 3.63) is 56.2 Å². The molecule has 0 aliphatic heterocycles. The fourth-order valence-electron chi connectivity index (χ4n) is 1.63. The van der Waals surface area contributed by atoms with Gasteiger partial charge in [0.2, 0.25) is 0 Å². The number of hydrogen-bond donors (Lipinski definition) is 1. The van der Waals surface area contributed by atoms with Crippen LogP contribution in [0.2, 0.25) is 0 Å². The lowest BCUT2D eigenvalue weighted by Gasteiger charge is -2.09. The smallest absolute Gasteiger partial charge is 0.0731 e. The maximum Gasteiger partial charge on any atom is 0.0731 e. The zero-order chi connectivity index (χ0) is 11.5. The Morgan fingerprint density at radius 3 is 2.56 bits per heavy atom. The molecule has 0 amide bonds. The Morgan fingerprint density at radius 1 is 1.31 bits per heavy atom. The minimum atomic E-state index is 0.0948. The number of hydrogen-bond acceptors (Lipinski definition) is 2. The van der Waals surface area contributed by atoms with E-state index < -0.39 is 0 Å². The lowest BCUT2D eigenvalue weighted by Crippen LogP contribution is -2.11. The first-order valence-electron chi connectivity index (χ1n) is 5.22. The minimum Gasteiger partial charge on any atom is -0.323 e.